The zero-order valence-electron chi connectivity index (χ0n) is 17.4. The smallest absolute Gasteiger partial charge is 0.268 e. The molecule has 0 aliphatic heterocycles. The van der Waals surface area contributed by atoms with E-state index in [0.717, 1.165) is 17.3 Å². The van der Waals surface area contributed by atoms with E-state index in [-0.39, 0.29) is 5.57 Å². The van der Waals surface area contributed by atoms with E-state index in [1.165, 1.54) is 24.9 Å². The Labute approximate surface area is 194 Å². The third-order valence-corrected chi connectivity index (χ3v) is 5.32. The monoisotopic (exact) mass is 468 g/mol. The van der Waals surface area contributed by atoms with Gasteiger partial charge in [0.25, 0.3) is 5.91 Å². The van der Waals surface area contributed by atoms with Crippen LogP contribution in [0, 0.1) is 11.3 Å². The molecule has 1 aromatic heterocycles. The summed E-state index contributed by atoms with van der Waals surface area (Å²) >= 11 is 2.42. The molecule has 0 fully saturated rings. The molecule has 3 aromatic rings. The summed E-state index contributed by atoms with van der Waals surface area (Å²) in [6, 6.07) is 16.5. The highest BCUT2D eigenvalue weighted by Gasteiger charge is 2.13. The molecular weight excluding hydrogens is 448 g/mol. The van der Waals surface area contributed by atoms with Crippen molar-refractivity contribution in [2.24, 2.45) is 0 Å². The summed E-state index contributed by atoms with van der Waals surface area (Å²) in [5, 5.41) is 12.9. The number of anilines is 1. The fraction of sp³-hybridized carbons (Fsp3) is 0.182. The number of carbonyl (C=O) groups is 1. The number of rotatable bonds is 10. The maximum absolute atomic E-state index is 12.4. The van der Waals surface area contributed by atoms with Crippen molar-refractivity contribution in [1.29, 1.82) is 5.26 Å². The number of nitriles is 1. The van der Waals surface area contributed by atoms with Crippen LogP contribution in [0.4, 0.5) is 5.13 Å². The van der Waals surface area contributed by atoms with Gasteiger partial charge in [0.1, 0.15) is 30.6 Å². The lowest BCUT2D eigenvalue weighted by Crippen LogP contribution is -2.13. The number of aromatic nitrogens is 2. The largest absolute Gasteiger partial charge is 0.493 e. The van der Waals surface area contributed by atoms with Crippen molar-refractivity contribution in [1.82, 2.24) is 9.36 Å². The Bertz CT molecular complexity index is 1130. The molecule has 0 atom stereocenters. The molecule has 0 radical (unpaired) electrons. The molecule has 0 spiro atoms. The zero-order valence-corrected chi connectivity index (χ0v) is 19.0. The SMILES string of the molecule is COc1cc(C=C(C#N)C(=O)Nc2nc(SC)ns2)ccc1OCCOc1ccccc1. The molecule has 10 heteroatoms. The molecule has 0 unspecified atom stereocenters. The van der Waals surface area contributed by atoms with E-state index >= 15 is 0 Å². The van der Waals surface area contributed by atoms with Gasteiger partial charge in [0, 0.05) is 11.5 Å². The maximum atomic E-state index is 12.4. The Morgan fingerprint density at radius 2 is 1.97 bits per heavy atom. The van der Waals surface area contributed by atoms with Gasteiger partial charge in [-0.2, -0.15) is 14.6 Å². The van der Waals surface area contributed by atoms with Crippen molar-refractivity contribution >= 4 is 40.4 Å². The molecule has 3 rings (SSSR count). The third kappa shape index (κ3) is 6.47. The average molecular weight is 469 g/mol. The molecule has 32 heavy (non-hydrogen) atoms. The highest BCUT2D eigenvalue weighted by molar-refractivity contribution is 7.98. The predicted molar refractivity (Wildman–Crippen MR) is 124 cm³/mol. The number of ether oxygens (including phenoxy) is 3. The van der Waals surface area contributed by atoms with E-state index in [0.29, 0.717) is 40.6 Å². The van der Waals surface area contributed by atoms with Crippen LogP contribution in [0.2, 0.25) is 0 Å². The Balaban J connectivity index is 1.63. The van der Waals surface area contributed by atoms with E-state index in [9.17, 15) is 10.1 Å². The number of methoxy groups -OCH3 is 1. The molecule has 0 aliphatic carbocycles. The summed E-state index contributed by atoms with van der Waals surface area (Å²) in [6.45, 7) is 0.698. The second-order valence-electron chi connectivity index (χ2n) is 6.13. The van der Waals surface area contributed by atoms with Gasteiger partial charge >= 0.3 is 0 Å². The van der Waals surface area contributed by atoms with Crippen LogP contribution in [0.5, 0.6) is 17.2 Å². The van der Waals surface area contributed by atoms with Gasteiger partial charge in [-0.25, -0.2) is 0 Å². The van der Waals surface area contributed by atoms with Crippen molar-refractivity contribution in [3.8, 4) is 23.3 Å². The van der Waals surface area contributed by atoms with Gasteiger partial charge in [-0.05, 0) is 42.2 Å². The highest BCUT2D eigenvalue weighted by atomic mass is 32.2. The molecule has 0 saturated carbocycles. The molecule has 1 N–H and O–H groups in total. The number of carbonyl (C=O) groups excluding carboxylic acids is 1. The quantitative estimate of drug-likeness (QED) is 0.203. The van der Waals surface area contributed by atoms with Crippen LogP contribution >= 0.6 is 23.3 Å². The summed E-state index contributed by atoms with van der Waals surface area (Å²) < 4.78 is 20.8. The van der Waals surface area contributed by atoms with E-state index in [4.69, 9.17) is 14.2 Å². The van der Waals surface area contributed by atoms with Crippen molar-refractivity contribution < 1.29 is 19.0 Å². The fourth-order valence-electron chi connectivity index (χ4n) is 2.54. The molecule has 164 valence electrons. The molecule has 1 heterocycles. The summed E-state index contributed by atoms with van der Waals surface area (Å²) in [5.41, 5.74) is 0.543. The predicted octanol–water partition coefficient (Wildman–Crippen LogP) is 4.27. The summed E-state index contributed by atoms with van der Waals surface area (Å²) in [5.74, 6) is 1.21. The highest BCUT2D eigenvalue weighted by Crippen LogP contribution is 2.29. The van der Waals surface area contributed by atoms with Gasteiger partial charge in [0.2, 0.25) is 10.3 Å². The molecule has 8 nitrogen and oxygen atoms in total. The first-order valence-electron chi connectivity index (χ1n) is 9.42. The topological polar surface area (TPSA) is 106 Å². The number of para-hydroxylation sites is 1. The Hall–Kier alpha value is -3.55. The lowest BCUT2D eigenvalue weighted by Gasteiger charge is -2.12. The lowest BCUT2D eigenvalue weighted by atomic mass is 10.1. The summed E-state index contributed by atoms with van der Waals surface area (Å²) in [7, 11) is 1.52. The van der Waals surface area contributed by atoms with Crippen LogP contribution in [0.25, 0.3) is 6.08 Å². The summed E-state index contributed by atoms with van der Waals surface area (Å²) in [6.07, 6.45) is 3.31. The van der Waals surface area contributed by atoms with Gasteiger partial charge in [0.05, 0.1) is 7.11 Å². The number of thioether (sulfide) groups is 1. The minimum absolute atomic E-state index is 0.0714. The number of hydrogen-bond acceptors (Lipinski definition) is 9. The van der Waals surface area contributed by atoms with Gasteiger partial charge in [-0.3, -0.25) is 10.1 Å². The molecule has 0 bridgehead atoms. The molecule has 0 saturated heterocycles. The molecule has 1 amide bonds. The van der Waals surface area contributed by atoms with Crippen molar-refractivity contribution in [3.05, 3.63) is 59.7 Å². The second-order valence-corrected chi connectivity index (χ2v) is 7.66. The van der Waals surface area contributed by atoms with Crippen molar-refractivity contribution in [2.45, 2.75) is 5.16 Å². The number of hydrogen-bond donors (Lipinski definition) is 1. The van der Waals surface area contributed by atoms with E-state index < -0.39 is 5.91 Å². The number of benzene rings is 2. The van der Waals surface area contributed by atoms with Gasteiger partial charge in [0.15, 0.2) is 11.5 Å². The Morgan fingerprint density at radius 3 is 2.66 bits per heavy atom. The first-order valence-corrected chi connectivity index (χ1v) is 11.4. The lowest BCUT2D eigenvalue weighted by molar-refractivity contribution is -0.112. The average Bonchev–Trinajstić information content (AvgIpc) is 3.28. The van der Waals surface area contributed by atoms with E-state index in [1.54, 1.807) is 18.2 Å². The van der Waals surface area contributed by atoms with Crippen LogP contribution in [0.1, 0.15) is 5.56 Å². The van der Waals surface area contributed by atoms with Crippen LogP contribution in [0.3, 0.4) is 0 Å². The fourth-order valence-corrected chi connectivity index (χ4v) is 3.67. The number of nitrogens with zero attached hydrogens (tertiary/aromatic N) is 3. The molecule has 2 aromatic carbocycles. The van der Waals surface area contributed by atoms with E-state index in [2.05, 4.69) is 14.7 Å². The van der Waals surface area contributed by atoms with Crippen molar-refractivity contribution in [2.75, 3.05) is 31.9 Å². The number of amides is 1. The standard InChI is InChI=1S/C22H20N4O4S2/c1-28-19-13-15(8-9-18(19)30-11-10-29-17-6-4-3-5-7-17)12-16(14-23)20(27)24-21-25-22(31-2)26-32-21/h3-9,12-13H,10-11H2,1-2H3,(H,24,25,26,27). The van der Waals surface area contributed by atoms with Gasteiger partial charge < -0.3 is 14.2 Å². The van der Waals surface area contributed by atoms with Crippen LogP contribution in [-0.4, -0.2) is 41.8 Å². The zero-order chi connectivity index (χ0) is 22.8. The Kier molecular flexibility index (Phi) is 8.48. The van der Waals surface area contributed by atoms with Gasteiger partial charge in [-0.1, -0.05) is 36.0 Å². The van der Waals surface area contributed by atoms with E-state index in [1.807, 2.05) is 42.7 Å². The first-order chi connectivity index (χ1) is 15.6. The number of nitrogens with one attached hydrogen (secondary N) is 1. The third-order valence-electron chi connectivity index (χ3n) is 4.03. The minimum atomic E-state index is -0.561. The van der Waals surface area contributed by atoms with Gasteiger partial charge in [-0.15, -0.1) is 0 Å². The molecule has 0 aliphatic rings. The normalized spacial score (nSPS) is 10.8. The summed E-state index contributed by atoms with van der Waals surface area (Å²) in [4.78, 5) is 16.6. The maximum Gasteiger partial charge on any atom is 0.268 e. The van der Waals surface area contributed by atoms with Crippen molar-refractivity contribution in [3.63, 3.8) is 0 Å². The second kappa shape index (κ2) is 11.7. The first kappa shape index (κ1) is 23.1. The van der Waals surface area contributed by atoms with Crippen LogP contribution < -0.4 is 19.5 Å². The van der Waals surface area contributed by atoms with Crippen LogP contribution in [-0.2, 0) is 4.79 Å². The molecular formula is C22H20N4O4S2. The Morgan fingerprint density at radius 1 is 1.19 bits per heavy atom. The minimum Gasteiger partial charge on any atom is -0.493 e. The van der Waals surface area contributed by atoms with Crippen LogP contribution in [0.15, 0.2) is 59.3 Å².